The Kier molecular flexibility index (Phi) is 7.53. The first kappa shape index (κ1) is 20.6. The van der Waals surface area contributed by atoms with Gasteiger partial charge in [-0.25, -0.2) is 0 Å². The zero-order valence-electron chi connectivity index (χ0n) is 14.6. The summed E-state index contributed by atoms with van der Waals surface area (Å²) in [6, 6.07) is 7.55. The van der Waals surface area contributed by atoms with Crippen LogP contribution in [0, 0.1) is 5.92 Å². The summed E-state index contributed by atoms with van der Waals surface area (Å²) in [6.45, 7) is 4.96. The van der Waals surface area contributed by atoms with Crippen LogP contribution in [0.2, 0.25) is 0 Å². The lowest BCUT2D eigenvalue weighted by molar-refractivity contribution is -0.166. The molecule has 0 heterocycles. The Morgan fingerprint density at radius 2 is 1.68 bits per heavy atom. The van der Waals surface area contributed by atoms with Gasteiger partial charge in [-0.1, -0.05) is 30.3 Å². The van der Waals surface area contributed by atoms with Crippen LogP contribution in [0.25, 0.3) is 0 Å². The van der Waals surface area contributed by atoms with E-state index in [0.717, 1.165) is 5.56 Å². The monoisotopic (exact) mass is 352 g/mol. The topological polar surface area (TPSA) is 131 Å². The second-order valence-corrected chi connectivity index (χ2v) is 6.45. The molecule has 1 rings (SSSR count). The number of hydrogen-bond acceptors (Lipinski definition) is 8. The highest BCUT2D eigenvalue weighted by Crippen LogP contribution is 2.17. The lowest BCUT2D eigenvalue weighted by Gasteiger charge is -2.25. The van der Waals surface area contributed by atoms with Crippen LogP contribution in [0.1, 0.15) is 32.8 Å². The maximum atomic E-state index is 12.3. The molecule has 0 aliphatic carbocycles. The molecule has 4 N–H and O–H groups in total. The number of ether oxygens (including phenoxy) is 2. The standard InChI is InChI=1S/C17H24N2O6/c1-17(2,3)24-16(22)14(18)12(9-13(20)25-19)15(21)23-10-11-7-5-4-6-8-11/h4-8,12,14H,9-10,18-19H2,1-3H3/t12-,14-/m0/s1. The number of nitrogens with two attached hydrogens (primary N) is 2. The van der Waals surface area contributed by atoms with E-state index in [0.29, 0.717) is 0 Å². The highest BCUT2D eigenvalue weighted by molar-refractivity contribution is 5.87. The minimum atomic E-state index is -1.39. The molecule has 1 aromatic rings. The number of benzene rings is 1. The summed E-state index contributed by atoms with van der Waals surface area (Å²) in [7, 11) is 0. The van der Waals surface area contributed by atoms with Crippen molar-refractivity contribution in [1.29, 1.82) is 0 Å². The molecular weight excluding hydrogens is 328 g/mol. The maximum Gasteiger partial charge on any atom is 0.325 e. The fraction of sp³-hybridized carbons (Fsp3) is 0.471. The minimum absolute atomic E-state index is 0.0190. The van der Waals surface area contributed by atoms with Crippen LogP contribution in [-0.4, -0.2) is 29.6 Å². The van der Waals surface area contributed by atoms with Crippen molar-refractivity contribution in [2.45, 2.75) is 45.4 Å². The molecule has 0 fully saturated rings. The summed E-state index contributed by atoms with van der Waals surface area (Å²) in [5, 5.41) is 0. The smallest absolute Gasteiger partial charge is 0.325 e. The predicted octanol–water partition coefficient (Wildman–Crippen LogP) is 0.822. The van der Waals surface area contributed by atoms with Gasteiger partial charge in [-0.15, -0.1) is 0 Å². The van der Waals surface area contributed by atoms with Crippen molar-refractivity contribution in [3.05, 3.63) is 35.9 Å². The van der Waals surface area contributed by atoms with Crippen LogP contribution < -0.4 is 11.6 Å². The van der Waals surface area contributed by atoms with Crippen molar-refractivity contribution in [1.82, 2.24) is 0 Å². The van der Waals surface area contributed by atoms with E-state index in [1.165, 1.54) is 0 Å². The molecule has 0 bridgehead atoms. The van der Waals surface area contributed by atoms with Gasteiger partial charge in [0.15, 0.2) is 0 Å². The largest absolute Gasteiger partial charge is 0.461 e. The Labute approximate surface area is 146 Å². The van der Waals surface area contributed by atoms with Gasteiger partial charge >= 0.3 is 17.9 Å². The average molecular weight is 352 g/mol. The number of carbonyl (C=O) groups is 3. The quantitative estimate of drug-likeness (QED) is 0.545. The SMILES string of the molecule is CC(C)(C)OC(=O)[C@@H](N)[C@H](CC(=O)ON)C(=O)OCc1ccccc1. The second kappa shape index (κ2) is 9.14. The lowest BCUT2D eigenvalue weighted by Crippen LogP contribution is -2.47. The van der Waals surface area contributed by atoms with Crippen molar-refractivity contribution in [3.63, 3.8) is 0 Å². The Hall–Kier alpha value is -2.45. The highest BCUT2D eigenvalue weighted by atomic mass is 16.7. The number of esters is 2. The van der Waals surface area contributed by atoms with Crippen LogP contribution in [0.4, 0.5) is 0 Å². The molecule has 1 aromatic carbocycles. The number of hydrogen-bond donors (Lipinski definition) is 2. The summed E-state index contributed by atoms with van der Waals surface area (Å²) in [6.07, 6.45) is -0.496. The van der Waals surface area contributed by atoms with Crippen molar-refractivity contribution in [3.8, 4) is 0 Å². The van der Waals surface area contributed by atoms with Gasteiger partial charge in [0.1, 0.15) is 18.2 Å². The molecule has 0 aliphatic heterocycles. The van der Waals surface area contributed by atoms with Crippen LogP contribution in [-0.2, 0) is 35.3 Å². The molecule has 2 atom stereocenters. The first-order valence-electron chi connectivity index (χ1n) is 7.72. The van der Waals surface area contributed by atoms with Gasteiger partial charge in [0.25, 0.3) is 0 Å². The molecule has 0 aliphatic rings. The zero-order valence-corrected chi connectivity index (χ0v) is 14.6. The molecule has 0 spiro atoms. The van der Waals surface area contributed by atoms with Gasteiger partial charge in [-0.2, -0.15) is 5.90 Å². The van der Waals surface area contributed by atoms with Crippen molar-refractivity contribution < 1.29 is 28.7 Å². The predicted molar refractivity (Wildman–Crippen MR) is 88.4 cm³/mol. The molecule has 0 saturated carbocycles. The molecule has 0 aromatic heterocycles. The Morgan fingerprint density at radius 3 is 2.20 bits per heavy atom. The van der Waals surface area contributed by atoms with Gasteiger partial charge < -0.3 is 20.0 Å². The fourth-order valence-electron chi connectivity index (χ4n) is 1.95. The van der Waals surface area contributed by atoms with Gasteiger partial charge in [0, 0.05) is 0 Å². The highest BCUT2D eigenvalue weighted by Gasteiger charge is 2.37. The Balaban J connectivity index is 2.81. The van der Waals surface area contributed by atoms with E-state index in [4.69, 9.17) is 21.1 Å². The second-order valence-electron chi connectivity index (χ2n) is 6.45. The molecule has 0 unspecified atom stereocenters. The molecule has 0 amide bonds. The van der Waals surface area contributed by atoms with Crippen LogP contribution in [0.15, 0.2) is 30.3 Å². The van der Waals surface area contributed by atoms with E-state index >= 15 is 0 Å². The van der Waals surface area contributed by atoms with Crippen molar-refractivity contribution in [2.75, 3.05) is 0 Å². The van der Waals surface area contributed by atoms with Gasteiger partial charge in [0.2, 0.25) is 0 Å². The number of rotatable bonds is 7. The average Bonchev–Trinajstić information content (AvgIpc) is 2.56. The van der Waals surface area contributed by atoms with Gasteiger partial charge in [-0.3, -0.25) is 14.4 Å². The summed E-state index contributed by atoms with van der Waals surface area (Å²) >= 11 is 0. The van der Waals surface area contributed by atoms with E-state index in [9.17, 15) is 14.4 Å². The summed E-state index contributed by atoms with van der Waals surface area (Å²) in [5.41, 5.74) is 5.78. The van der Waals surface area contributed by atoms with E-state index in [2.05, 4.69) is 4.84 Å². The molecule has 0 saturated heterocycles. The third kappa shape index (κ3) is 7.32. The third-order valence-corrected chi connectivity index (χ3v) is 3.16. The van der Waals surface area contributed by atoms with Gasteiger partial charge in [0.05, 0.1) is 12.3 Å². The van der Waals surface area contributed by atoms with Crippen LogP contribution in [0.3, 0.4) is 0 Å². The fourth-order valence-corrected chi connectivity index (χ4v) is 1.95. The third-order valence-electron chi connectivity index (χ3n) is 3.16. The molecular formula is C17H24N2O6. The van der Waals surface area contributed by atoms with E-state index < -0.39 is 41.9 Å². The van der Waals surface area contributed by atoms with E-state index in [1.807, 2.05) is 6.07 Å². The Morgan fingerprint density at radius 1 is 1.08 bits per heavy atom. The molecule has 138 valence electrons. The van der Waals surface area contributed by atoms with Crippen LogP contribution in [0.5, 0.6) is 0 Å². The van der Waals surface area contributed by atoms with E-state index in [1.54, 1.807) is 45.0 Å². The lowest BCUT2D eigenvalue weighted by atomic mass is 9.96. The van der Waals surface area contributed by atoms with Crippen molar-refractivity contribution >= 4 is 17.9 Å². The normalized spacial score (nSPS) is 13.5. The number of carbonyl (C=O) groups excluding carboxylic acids is 3. The first-order chi connectivity index (χ1) is 11.6. The van der Waals surface area contributed by atoms with Gasteiger partial charge in [-0.05, 0) is 26.3 Å². The zero-order chi connectivity index (χ0) is 19.0. The molecule has 8 heteroatoms. The summed E-state index contributed by atoms with van der Waals surface area (Å²) in [4.78, 5) is 40.0. The molecule has 0 radical (unpaired) electrons. The van der Waals surface area contributed by atoms with Crippen LogP contribution >= 0.6 is 0 Å². The molecule has 25 heavy (non-hydrogen) atoms. The molecule has 8 nitrogen and oxygen atoms in total. The minimum Gasteiger partial charge on any atom is -0.461 e. The maximum absolute atomic E-state index is 12.3. The Bertz CT molecular complexity index is 597. The van der Waals surface area contributed by atoms with Crippen molar-refractivity contribution in [2.24, 2.45) is 17.5 Å². The van der Waals surface area contributed by atoms with E-state index in [-0.39, 0.29) is 6.61 Å². The summed E-state index contributed by atoms with van der Waals surface area (Å²) in [5.74, 6) is 1.01. The summed E-state index contributed by atoms with van der Waals surface area (Å²) < 4.78 is 10.3. The first-order valence-corrected chi connectivity index (χ1v) is 7.72.